The van der Waals surface area contributed by atoms with Crippen molar-refractivity contribution in [3.63, 3.8) is 0 Å². The summed E-state index contributed by atoms with van der Waals surface area (Å²) in [5.41, 5.74) is 5.60. The van der Waals surface area contributed by atoms with Gasteiger partial charge in [0, 0.05) is 27.2 Å². The van der Waals surface area contributed by atoms with Crippen LogP contribution in [0.3, 0.4) is 0 Å². The van der Waals surface area contributed by atoms with Crippen LogP contribution < -0.4 is 10.4 Å². The molecule has 0 spiro atoms. The van der Waals surface area contributed by atoms with Crippen LogP contribution in [0.25, 0.3) is 54.1 Å². The van der Waals surface area contributed by atoms with E-state index in [0.29, 0.717) is 0 Å². The summed E-state index contributed by atoms with van der Waals surface area (Å²) in [6, 6.07) is 34.5. The van der Waals surface area contributed by atoms with Gasteiger partial charge in [0.15, 0.2) is 0 Å². The van der Waals surface area contributed by atoms with Crippen molar-refractivity contribution in [2.45, 2.75) is 117 Å². The van der Waals surface area contributed by atoms with Gasteiger partial charge < -0.3 is 9.30 Å². The topological polar surface area (TPSA) is 14.2 Å². The van der Waals surface area contributed by atoms with E-state index in [2.05, 4.69) is 165 Å². The van der Waals surface area contributed by atoms with Gasteiger partial charge in [-0.3, -0.25) is 0 Å². The minimum atomic E-state index is -2.47. The number of hydrogen-bond acceptors (Lipinski definition) is 1. The number of benzene rings is 4. The number of halogens is 2. The molecule has 6 heteroatoms. The van der Waals surface area contributed by atoms with Crippen LogP contribution in [0.15, 0.2) is 84.9 Å². The van der Waals surface area contributed by atoms with Crippen molar-refractivity contribution >= 4 is 89.6 Å². The van der Waals surface area contributed by atoms with Crippen LogP contribution >= 0.6 is 17.0 Å². The summed E-state index contributed by atoms with van der Waals surface area (Å²) in [4.78, 5) is 0. The SMILES string of the molecule is Cn1c2ccccc2c2c1c1ccccc1[c-]2[Si](C)(CCCCCCOC(C)(C)C)[c-]1c2cc(C(C)(C)C)ccc2c2ccc(C(C)(C)C)cc21.[Cl][Zr+2][Cl]. The van der Waals surface area contributed by atoms with Gasteiger partial charge in [0.1, 0.15) is 0 Å². The van der Waals surface area contributed by atoms with Crippen molar-refractivity contribution in [1.29, 1.82) is 0 Å². The van der Waals surface area contributed by atoms with Crippen molar-refractivity contribution < 1.29 is 25.6 Å². The van der Waals surface area contributed by atoms with Crippen molar-refractivity contribution in [2.75, 3.05) is 6.61 Å². The summed E-state index contributed by atoms with van der Waals surface area (Å²) >= 11 is -0.826. The summed E-state index contributed by atoms with van der Waals surface area (Å²) in [5.74, 6) is 0. The molecule has 1 atom stereocenters. The van der Waals surface area contributed by atoms with Crippen molar-refractivity contribution in [1.82, 2.24) is 4.57 Å². The zero-order valence-electron chi connectivity index (χ0n) is 34.4. The first-order chi connectivity index (χ1) is 25.4. The van der Waals surface area contributed by atoms with Gasteiger partial charge in [0.25, 0.3) is 0 Å². The van der Waals surface area contributed by atoms with E-state index in [1.54, 1.807) is 10.4 Å². The molecule has 54 heavy (non-hydrogen) atoms. The molecule has 6 aromatic carbocycles. The molecule has 284 valence electrons. The second kappa shape index (κ2) is 16.0. The maximum absolute atomic E-state index is 6.11. The molecule has 0 aliphatic rings. The molecule has 0 bridgehead atoms. The number of aryl methyl sites for hydroxylation is 1. The van der Waals surface area contributed by atoms with Crippen LogP contribution in [-0.2, 0) is 43.5 Å². The Bertz CT molecular complexity index is 2330. The molecule has 1 unspecified atom stereocenters. The molecule has 7 rings (SSSR count). The van der Waals surface area contributed by atoms with Gasteiger partial charge in [-0.1, -0.05) is 161 Å². The number of unbranched alkanes of at least 4 members (excludes halogenated alkanes) is 3. The average molecular weight is 856 g/mol. The predicted octanol–water partition coefficient (Wildman–Crippen LogP) is 13.8. The van der Waals surface area contributed by atoms with Crippen molar-refractivity contribution in [2.24, 2.45) is 7.05 Å². The number of hydrogen-bond donors (Lipinski definition) is 0. The zero-order chi connectivity index (χ0) is 39.2. The van der Waals surface area contributed by atoms with Crippen LogP contribution in [0.4, 0.5) is 0 Å². The Morgan fingerprint density at radius 1 is 0.630 bits per heavy atom. The summed E-state index contributed by atoms with van der Waals surface area (Å²) in [5, 5.41) is 14.8. The van der Waals surface area contributed by atoms with Crippen molar-refractivity contribution in [3.8, 4) is 0 Å². The fraction of sp³-hybridized carbons (Fsp3) is 0.417. The second-order valence-corrected chi connectivity index (χ2v) is 26.5. The van der Waals surface area contributed by atoms with Crippen LogP contribution in [-0.4, -0.2) is 24.8 Å². The van der Waals surface area contributed by atoms with Gasteiger partial charge in [0.05, 0.1) is 5.60 Å². The van der Waals surface area contributed by atoms with E-state index >= 15 is 0 Å². The Morgan fingerprint density at radius 3 is 1.70 bits per heavy atom. The van der Waals surface area contributed by atoms with E-state index in [-0.39, 0.29) is 16.4 Å². The molecule has 0 radical (unpaired) electrons. The van der Waals surface area contributed by atoms with E-state index in [1.165, 1.54) is 90.6 Å². The third-order valence-electron chi connectivity index (χ3n) is 11.6. The molecule has 0 saturated heterocycles. The Kier molecular flexibility index (Phi) is 12.3. The Balaban J connectivity index is 0.00000160. The summed E-state index contributed by atoms with van der Waals surface area (Å²) in [7, 11) is 9.68. The molecular weight excluding hydrogens is 797 g/mol. The molecule has 1 heterocycles. The van der Waals surface area contributed by atoms with E-state index in [9.17, 15) is 0 Å². The van der Waals surface area contributed by atoms with Gasteiger partial charge in [-0.15, -0.1) is 55.5 Å². The summed E-state index contributed by atoms with van der Waals surface area (Å²) < 4.78 is 8.58. The van der Waals surface area contributed by atoms with E-state index in [0.717, 1.165) is 13.0 Å². The van der Waals surface area contributed by atoms with E-state index in [1.807, 2.05) is 0 Å². The van der Waals surface area contributed by atoms with Gasteiger partial charge in [-0.05, 0) is 49.6 Å². The fourth-order valence-corrected chi connectivity index (χ4v) is 13.8. The van der Waals surface area contributed by atoms with Crippen LogP contribution in [0.2, 0.25) is 12.6 Å². The average Bonchev–Trinajstić information content (AvgIpc) is 3.72. The van der Waals surface area contributed by atoms with Gasteiger partial charge in [-0.25, -0.2) is 0 Å². The fourth-order valence-electron chi connectivity index (χ4n) is 8.91. The Labute approximate surface area is 343 Å². The van der Waals surface area contributed by atoms with Crippen LogP contribution in [0.1, 0.15) is 99.1 Å². The number of ether oxygens (including phenoxy) is 1. The monoisotopic (exact) mass is 853 g/mol. The maximum atomic E-state index is 6.11. The Hall–Kier alpha value is -2.20. The first kappa shape index (κ1) is 41.4. The predicted molar refractivity (Wildman–Crippen MR) is 240 cm³/mol. The van der Waals surface area contributed by atoms with Crippen LogP contribution in [0.5, 0.6) is 0 Å². The van der Waals surface area contributed by atoms with E-state index in [4.69, 9.17) is 21.8 Å². The van der Waals surface area contributed by atoms with E-state index < -0.39 is 28.9 Å². The molecule has 2 nitrogen and oxygen atoms in total. The Morgan fingerprint density at radius 2 is 1.15 bits per heavy atom. The van der Waals surface area contributed by atoms with Crippen molar-refractivity contribution in [3.05, 3.63) is 96.1 Å². The van der Waals surface area contributed by atoms with Gasteiger partial charge >= 0.3 is 37.9 Å². The standard InChI is InChI=1S/C48H59NOSi.2ClH.Zr/c1-46(2,3)32-24-26-34-35-27-25-33(47(4,5)6)31-40(35)44(39(34)30-32)51(11,29-19-13-12-18-28-50-48(7,8)9)45-37-21-15-14-20-36(37)43-42(45)38-22-16-17-23-41(38)49(43)10;;;/h14-17,20-27,30-31H,12-13,18-19,28-29H2,1-11H3;2*1H;/q-2;;;+4/p-2. The third kappa shape index (κ3) is 7.99. The molecule has 1 aromatic heterocycles. The third-order valence-corrected chi connectivity index (χ3v) is 16.2. The first-order valence-electron chi connectivity index (χ1n) is 19.7. The van der Waals surface area contributed by atoms with Gasteiger partial charge in [0.2, 0.25) is 0 Å². The minimum absolute atomic E-state index is 0.0640. The van der Waals surface area contributed by atoms with Gasteiger partial charge in [-0.2, -0.15) is 0 Å². The molecule has 0 saturated carbocycles. The molecule has 0 amide bonds. The molecule has 0 aliphatic carbocycles. The molecule has 0 N–H and O–H groups in total. The zero-order valence-corrected chi connectivity index (χ0v) is 39.4. The number of aromatic nitrogens is 1. The number of para-hydroxylation sites is 1. The number of fused-ring (bicyclic) bond motifs is 8. The summed E-state index contributed by atoms with van der Waals surface area (Å²) in [6.45, 7) is 24.2. The summed E-state index contributed by atoms with van der Waals surface area (Å²) in [6.07, 6.45) is 4.77. The molecule has 0 aliphatic heterocycles. The second-order valence-electron chi connectivity index (χ2n) is 18.6. The molecule has 0 fully saturated rings. The first-order valence-corrected chi connectivity index (χ1v) is 28.8. The molecule has 7 aromatic rings. The normalized spacial score (nSPS) is 13.9. The molecular formula is C48H59Cl2NOSiZr. The number of rotatable bonds is 9. The van der Waals surface area contributed by atoms with Crippen LogP contribution in [0, 0.1) is 0 Å². The number of nitrogens with zero attached hydrogens (tertiary/aromatic N) is 1. The quantitative estimate of drug-likeness (QED) is 0.0801.